The maximum absolute atomic E-state index is 12.4. The smallest absolute Gasteiger partial charge is 0.329 e. The van der Waals surface area contributed by atoms with E-state index < -0.39 is 11.5 Å². The molecule has 0 saturated carbocycles. The van der Waals surface area contributed by atoms with Crippen LogP contribution >= 0.6 is 43.2 Å². The molecular weight excluding hydrogens is 386 g/mol. The summed E-state index contributed by atoms with van der Waals surface area (Å²) >= 11 is 8.00. The third kappa shape index (κ3) is 2.95. The van der Waals surface area contributed by atoms with Gasteiger partial charge in [-0.15, -0.1) is 11.3 Å². The van der Waals surface area contributed by atoms with Gasteiger partial charge >= 0.3 is 5.97 Å². The van der Waals surface area contributed by atoms with Gasteiger partial charge in [0.1, 0.15) is 5.54 Å². The summed E-state index contributed by atoms with van der Waals surface area (Å²) in [7, 11) is 0. The van der Waals surface area contributed by atoms with Crippen LogP contribution in [0.25, 0.3) is 0 Å². The van der Waals surface area contributed by atoms with Gasteiger partial charge in [0.15, 0.2) is 0 Å². The predicted octanol–water partition coefficient (Wildman–Crippen LogP) is 3.60. The van der Waals surface area contributed by atoms with Crippen LogP contribution < -0.4 is 0 Å². The molecule has 0 aromatic carbocycles. The van der Waals surface area contributed by atoms with E-state index in [-0.39, 0.29) is 5.91 Å². The van der Waals surface area contributed by atoms with Gasteiger partial charge in [0.05, 0.1) is 13.1 Å². The van der Waals surface area contributed by atoms with Gasteiger partial charge in [-0.25, -0.2) is 4.79 Å². The number of nitrogens with zero attached hydrogens (tertiary/aromatic N) is 1. The highest BCUT2D eigenvalue weighted by atomic mass is 79.9. The van der Waals surface area contributed by atoms with Crippen molar-refractivity contribution in [1.82, 2.24) is 4.90 Å². The molecule has 0 spiro atoms. The fourth-order valence-corrected chi connectivity index (χ4v) is 4.32. The number of thiophene rings is 1. The van der Waals surface area contributed by atoms with Gasteiger partial charge in [-0.3, -0.25) is 4.79 Å². The maximum Gasteiger partial charge on any atom is 0.329 e. The molecule has 18 heavy (non-hydrogen) atoms. The summed E-state index contributed by atoms with van der Waals surface area (Å²) < 4.78 is 1.51. The summed E-state index contributed by atoms with van der Waals surface area (Å²) in [5.41, 5.74) is -0.761. The van der Waals surface area contributed by atoms with Crippen molar-refractivity contribution in [3.8, 4) is 0 Å². The van der Waals surface area contributed by atoms with E-state index in [0.717, 1.165) is 3.79 Å². The quantitative estimate of drug-likeness (QED) is 0.842. The van der Waals surface area contributed by atoms with Crippen LogP contribution in [0, 0.1) is 0 Å². The molecule has 0 saturated heterocycles. The second-order valence-electron chi connectivity index (χ2n) is 4.15. The molecule has 100 valence electrons. The van der Waals surface area contributed by atoms with Gasteiger partial charge in [-0.2, -0.15) is 0 Å². The molecule has 0 radical (unpaired) electrons. The lowest BCUT2D eigenvalue weighted by Crippen LogP contribution is -2.52. The third-order valence-electron chi connectivity index (χ3n) is 2.65. The first-order chi connectivity index (χ1) is 8.21. The predicted molar refractivity (Wildman–Crippen MR) is 78.1 cm³/mol. The summed E-state index contributed by atoms with van der Waals surface area (Å²) in [4.78, 5) is 25.0. The Bertz CT molecular complexity index is 485. The Kier molecular flexibility index (Phi) is 4.97. The summed E-state index contributed by atoms with van der Waals surface area (Å²) in [6.45, 7) is 5.13. The van der Waals surface area contributed by atoms with Crippen LogP contribution in [0.2, 0.25) is 0 Å². The molecule has 1 aromatic rings. The van der Waals surface area contributed by atoms with E-state index in [0.29, 0.717) is 15.9 Å². The molecule has 0 fully saturated rings. The molecule has 0 bridgehead atoms. The number of halogens is 2. The zero-order valence-electron chi connectivity index (χ0n) is 10.2. The van der Waals surface area contributed by atoms with Crippen molar-refractivity contribution in [1.29, 1.82) is 0 Å². The molecule has 1 amide bonds. The minimum atomic E-state index is -1.24. The first-order valence-electron chi connectivity index (χ1n) is 5.22. The molecule has 1 heterocycles. The highest BCUT2D eigenvalue weighted by molar-refractivity contribution is 9.12. The average molecular weight is 399 g/mol. The van der Waals surface area contributed by atoms with Gasteiger partial charge in [-0.05, 0) is 58.7 Å². The number of aliphatic carboxylic acids is 1. The third-order valence-corrected chi connectivity index (χ3v) is 4.99. The van der Waals surface area contributed by atoms with Crippen LogP contribution in [0.4, 0.5) is 0 Å². The van der Waals surface area contributed by atoms with Crippen LogP contribution in [0.5, 0.6) is 0 Å². The second-order valence-corrected chi connectivity index (χ2v) is 7.90. The largest absolute Gasteiger partial charge is 0.480 e. The van der Waals surface area contributed by atoms with Crippen LogP contribution in [0.3, 0.4) is 0 Å². The minimum absolute atomic E-state index is 0.293. The fourth-order valence-electron chi connectivity index (χ4n) is 1.54. The van der Waals surface area contributed by atoms with Crippen molar-refractivity contribution >= 4 is 55.1 Å². The summed E-state index contributed by atoms with van der Waals surface area (Å²) in [6.07, 6.45) is 0. The minimum Gasteiger partial charge on any atom is -0.480 e. The average Bonchev–Trinajstić information content (AvgIpc) is 2.58. The van der Waals surface area contributed by atoms with E-state index in [2.05, 4.69) is 31.9 Å². The molecule has 0 unspecified atom stereocenters. The second kappa shape index (κ2) is 5.71. The topological polar surface area (TPSA) is 57.6 Å². The van der Waals surface area contributed by atoms with Gasteiger partial charge in [-0.1, -0.05) is 0 Å². The first kappa shape index (κ1) is 15.7. The first-order valence-corrected chi connectivity index (χ1v) is 7.62. The monoisotopic (exact) mass is 397 g/mol. The highest BCUT2D eigenvalue weighted by Crippen LogP contribution is 2.33. The Hall–Kier alpha value is -0.400. The molecular formula is C11H13Br2NO3S. The number of hydrogen-bond acceptors (Lipinski definition) is 3. The molecule has 0 aliphatic heterocycles. The molecule has 0 aliphatic carbocycles. The van der Waals surface area contributed by atoms with Crippen molar-refractivity contribution in [2.24, 2.45) is 0 Å². The summed E-state index contributed by atoms with van der Waals surface area (Å²) in [5.74, 6) is -1.32. The number of likely N-dealkylation sites (N-methyl/N-ethyl adjacent to an activating group) is 1. The Morgan fingerprint density at radius 1 is 1.44 bits per heavy atom. The van der Waals surface area contributed by atoms with Crippen LogP contribution in [-0.2, 0) is 4.79 Å². The van der Waals surface area contributed by atoms with E-state index in [1.165, 1.54) is 30.1 Å². The Morgan fingerprint density at radius 3 is 2.33 bits per heavy atom. The van der Waals surface area contributed by atoms with E-state index in [1.807, 2.05) is 0 Å². The number of carboxylic acids is 1. The van der Waals surface area contributed by atoms with Crippen molar-refractivity contribution in [3.63, 3.8) is 0 Å². The summed E-state index contributed by atoms with van der Waals surface area (Å²) in [6, 6.07) is 1.69. The fraction of sp³-hybridized carbons (Fsp3) is 0.455. The van der Waals surface area contributed by atoms with E-state index >= 15 is 0 Å². The van der Waals surface area contributed by atoms with Gasteiger partial charge in [0.2, 0.25) is 0 Å². The van der Waals surface area contributed by atoms with Crippen molar-refractivity contribution in [3.05, 3.63) is 19.2 Å². The zero-order valence-corrected chi connectivity index (χ0v) is 14.1. The maximum atomic E-state index is 12.4. The number of rotatable bonds is 4. The lowest BCUT2D eigenvalue weighted by Gasteiger charge is -2.34. The van der Waals surface area contributed by atoms with Crippen molar-refractivity contribution < 1.29 is 14.7 Å². The van der Waals surface area contributed by atoms with Crippen molar-refractivity contribution in [2.45, 2.75) is 26.3 Å². The molecule has 1 rings (SSSR count). The van der Waals surface area contributed by atoms with E-state index in [4.69, 9.17) is 0 Å². The van der Waals surface area contributed by atoms with E-state index in [1.54, 1.807) is 13.0 Å². The van der Waals surface area contributed by atoms with E-state index in [9.17, 15) is 14.7 Å². The number of carbonyl (C=O) groups is 2. The van der Waals surface area contributed by atoms with Crippen molar-refractivity contribution in [2.75, 3.05) is 6.54 Å². The standard InChI is InChI=1S/C11H13Br2NO3S/c1-4-14(11(2,3)10(16)17)9(15)6-5-7(12)18-8(6)13/h5H,4H2,1-3H3,(H,16,17). The molecule has 1 aromatic heterocycles. The SMILES string of the molecule is CCN(C(=O)c1cc(Br)sc1Br)C(C)(C)C(=O)O. The van der Waals surface area contributed by atoms with Crippen LogP contribution in [0.1, 0.15) is 31.1 Å². The molecule has 0 atom stereocenters. The van der Waals surface area contributed by atoms with Gasteiger partial charge < -0.3 is 10.0 Å². The number of carbonyl (C=O) groups excluding carboxylic acids is 1. The molecule has 7 heteroatoms. The summed E-state index contributed by atoms with van der Waals surface area (Å²) in [5, 5.41) is 9.20. The van der Waals surface area contributed by atoms with Gasteiger partial charge in [0.25, 0.3) is 5.91 Å². The Balaban J connectivity index is 3.15. The molecule has 1 N–H and O–H groups in total. The van der Waals surface area contributed by atoms with Gasteiger partial charge in [0, 0.05) is 6.54 Å². The number of carboxylic acid groups (broad SMARTS) is 1. The normalized spacial score (nSPS) is 11.4. The van der Waals surface area contributed by atoms with Crippen LogP contribution in [-0.4, -0.2) is 34.0 Å². The Morgan fingerprint density at radius 2 is 2.00 bits per heavy atom. The Labute approximate surface area is 126 Å². The molecule has 0 aliphatic rings. The van der Waals surface area contributed by atoms with Crippen LogP contribution in [0.15, 0.2) is 13.6 Å². The lowest BCUT2D eigenvalue weighted by molar-refractivity contribution is -0.147. The zero-order chi connectivity index (χ0) is 14.1. The highest BCUT2D eigenvalue weighted by Gasteiger charge is 2.38. The molecule has 4 nitrogen and oxygen atoms in total. The number of amides is 1. The number of hydrogen-bond donors (Lipinski definition) is 1. The lowest BCUT2D eigenvalue weighted by atomic mass is 10.0.